The summed E-state index contributed by atoms with van der Waals surface area (Å²) in [5, 5.41) is -0.160. The molecule has 0 N–H and O–H groups in total. The predicted molar refractivity (Wildman–Crippen MR) is 109 cm³/mol. The normalized spacial score (nSPS) is 19.7. The summed E-state index contributed by atoms with van der Waals surface area (Å²) in [7, 11) is 0. The molecule has 2 fully saturated rings. The van der Waals surface area contributed by atoms with Gasteiger partial charge in [0, 0.05) is 30.3 Å². The smallest absolute Gasteiger partial charge is 0.289 e. The molecule has 0 atom stereocenters. The molecule has 0 bridgehead atoms. The van der Waals surface area contributed by atoms with E-state index in [2.05, 4.69) is 0 Å². The number of imide groups is 1. The number of thioether (sulfide) groups is 1. The summed E-state index contributed by atoms with van der Waals surface area (Å²) in [5.41, 5.74) is 1.75. The van der Waals surface area contributed by atoms with Gasteiger partial charge in [0.25, 0.3) is 5.24 Å². The molecule has 29 heavy (non-hydrogen) atoms. The number of para-hydroxylation sites is 2. The maximum absolute atomic E-state index is 13.6. The van der Waals surface area contributed by atoms with E-state index in [4.69, 9.17) is 4.74 Å². The SMILES string of the molecule is O=C(C1c2ccccc2Oc2ccccc21)N1CCC(N2C(=O)CSC2=O)CC1. The first-order chi connectivity index (χ1) is 14.1. The fraction of sp³-hybridized carbons (Fsp3) is 0.318. The Labute approximate surface area is 172 Å². The molecule has 0 saturated carbocycles. The molecule has 3 aliphatic heterocycles. The number of nitrogens with zero attached hydrogens (tertiary/aromatic N) is 2. The monoisotopic (exact) mass is 408 g/mol. The molecule has 7 heteroatoms. The molecular weight excluding hydrogens is 388 g/mol. The van der Waals surface area contributed by atoms with Gasteiger partial charge in [-0.1, -0.05) is 48.2 Å². The molecule has 0 aromatic heterocycles. The largest absolute Gasteiger partial charge is 0.457 e. The third-order valence-electron chi connectivity index (χ3n) is 5.85. The Bertz CT molecular complexity index is 938. The second-order valence-corrected chi connectivity index (χ2v) is 8.41. The Hall–Kier alpha value is -2.80. The number of carbonyl (C=O) groups is 3. The molecule has 0 spiro atoms. The minimum absolute atomic E-state index is 0.0418. The fourth-order valence-corrected chi connectivity index (χ4v) is 5.20. The van der Waals surface area contributed by atoms with Crippen LogP contribution in [0.4, 0.5) is 4.79 Å². The lowest BCUT2D eigenvalue weighted by molar-refractivity contribution is -0.134. The molecular formula is C22H20N2O4S. The molecule has 2 aromatic rings. The van der Waals surface area contributed by atoms with E-state index in [0.717, 1.165) is 22.9 Å². The van der Waals surface area contributed by atoms with Gasteiger partial charge in [0.05, 0.1) is 11.7 Å². The summed E-state index contributed by atoms with van der Waals surface area (Å²) in [6.45, 7) is 1.07. The summed E-state index contributed by atoms with van der Waals surface area (Å²) in [4.78, 5) is 40.8. The van der Waals surface area contributed by atoms with Gasteiger partial charge in [-0.15, -0.1) is 0 Å². The maximum Gasteiger partial charge on any atom is 0.289 e. The molecule has 2 saturated heterocycles. The quantitative estimate of drug-likeness (QED) is 0.759. The zero-order valence-corrected chi connectivity index (χ0v) is 16.6. The number of hydrogen-bond donors (Lipinski definition) is 0. The van der Waals surface area contributed by atoms with Crippen LogP contribution in [0.3, 0.4) is 0 Å². The van der Waals surface area contributed by atoms with Gasteiger partial charge in [0.1, 0.15) is 11.5 Å². The number of fused-ring (bicyclic) bond motifs is 2. The van der Waals surface area contributed by atoms with Crippen LogP contribution in [0.5, 0.6) is 11.5 Å². The van der Waals surface area contributed by atoms with Crippen molar-refractivity contribution in [1.29, 1.82) is 0 Å². The number of benzene rings is 2. The number of hydrogen-bond acceptors (Lipinski definition) is 5. The predicted octanol–water partition coefficient (Wildman–Crippen LogP) is 3.61. The molecule has 3 heterocycles. The zero-order valence-electron chi connectivity index (χ0n) is 15.7. The standard InChI is InChI=1S/C22H20N2O4S/c25-19-13-29-22(27)24(19)14-9-11-23(12-10-14)21(26)20-15-5-1-3-7-17(15)28-18-8-4-2-6-16(18)20/h1-8,14,20H,9-13H2. The fourth-order valence-electron chi connectivity index (χ4n) is 4.42. The number of ether oxygens (including phenoxy) is 1. The molecule has 148 valence electrons. The van der Waals surface area contributed by atoms with Crippen LogP contribution < -0.4 is 4.74 Å². The van der Waals surface area contributed by atoms with Gasteiger partial charge < -0.3 is 9.64 Å². The van der Waals surface area contributed by atoms with E-state index in [1.54, 1.807) is 0 Å². The minimum Gasteiger partial charge on any atom is -0.457 e. The summed E-state index contributed by atoms with van der Waals surface area (Å²) in [6, 6.07) is 15.2. The summed E-state index contributed by atoms with van der Waals surface area (Å²) in [5.74, 6) is 1.18. The molecule has 3 amide bonds. The number of rotatable bonds is 2. The van der Waals surface area contributed by atoms with E-state index in [0.29, 0.717) is 37.4 Å². The van der Waals surface area contributed by atoms with E-state index in [1.165, 1.54) is 4.90 Å². The van der Waals surface area contributed by atoms with Crippen molar-refractivity contribution in [3.8, 4) is 11.5 Å². The highest BCUT2D eigenvalue weighted by Gasteiger charge is 2.40. The van der Waals surface area contributed by atoms with E-state index < -0.39 is 5.92 Å². The van der Waals surface area contributed by atoms with Crippen LogP contribution in [0.1, 0.15) is 29.9 Å². The average molecular weight is 408 g/mol. The third kappa shape index (κ3) is 3.09. The summed E-state index contributed by atoms with van der Waals surface area (Å²) in [6.07, 6.45) is 1.24. The lowest BCUT2D eigenvalue weighted by Gasteiger charge is -2.38. The van der Waals surface area contributed by atoms with Gasteiger partial charge in [-0.2, -0.15) is 0 Å². The molecule has 2 aromatic carbocycles. The van der Waals surface area contributed by atoms with Crippen molar-refractivity contribution in [2.45, 2.75) is 24.8 Å². The van der Waals surface area contributed by atoms with Gasteiger partial charge >= 0.3 is 0 Å². The van der Waals surface area contributed by atoms with Gasteiger partial charge in [-0.25, -0.2) is 0 Å². The highest BCUT2D eigenvalue weighted by atomic mass is 32.2. The van der Waals surface area contributed by atoms with Gasteiger partial charge in [0.15, 0.2) is 0 Å². The lowest BCUT2D eigenvalue weighted by Crippen LogP contribution is -2.49. The van der Waals surface area contributed by atoms with Crippen molar-refractivity contribution in [3.63, 3.8) is 0 Å². The van der Waals surface area contributed by atoms with Gasteiger partial charge in [-0.05, 0) is 25.0 Å². The Morgan fingerprint density at radius 1 is 0.931 bits per heavy atom. The van der Waals surface area contributed by atoms with Crippen molar-refractivity contribution in [2.75, 3.05) is 18.8 Å². The van der Waals surface area contributed by atoms with Crippen molar-refractivity contribution >= 4 is 28.8 Å². The van der Waals surface area contributed by atoms with Crippen molar-refractivity contribution in [1.82, 2.24) is 9.80 Å². The summed E-state index contributed by atoms with van der Waals surface area (Å²) < 4.78 is 6.00. The van der Waals surface area contributed by atoms with Crippen LogP contribution in [0, 0.1) is 0 Å². The lowest BCUT2D eigenvalue weighted by atomic mass is 9.86. The third-order valence-corrected chi connectivity index (χ3v) is 6.69. The van der Waals surface area contributed by atoms with Crippen LogP contribution in [0.25, 0.3) is 0 Å². The van der Waals surface area contributed by atoms with Crippen LogP contribution >= 0.6 is 11.8 Å². The molecule has 3 aliphatic rings. The second kappa shape index (κ2) is 7.22. The van der Waals surface area contributed by atoms with Crippen LogP contribution in [-0.4, -0.2) is 51.7 Å². The van der Waals surface area contributed by atoms with Gasteiger partial charge in [0.2, 0.25) is 11.8 Å². The zero-order chi connectivity index (χ0) is 20.0. The first-order valence-corrected chi connectivity index (χ1v) is 10.8. The maximum atomic E-state index is 13.6. The highest BCUT2D eigenvalue weighted by molar-refractivity contribution is 8.14. The van der Waals surface area contributed by atoms with Gasteiger partial charge in [-0.3, -0.25) is 19.3 Å². The van der Waals surface area contributed by atoms with Crippen LogP contribution in [0.15, 0.2) is 48.5 Å². The number of likely N-dealkylation sites (tertiary alicyclic amines) is 1. The molecule has 0 unspecified atom stereocenters. The molecule has 5 rings (SSSR count). The first-order valence-electron chi connectivity index (χ1n) is 9.77. The Balaban J connectivity index is 1.38. The Kier molecular flexibility index (Phi) is 4.54. The molecule has 0 radical (unpaired) electrons. The first kappa shape index (κ1) is 18.2. The topological polar surface area (TPSA) is 66.9 Å². The number of piperidine rings is 1. The Morgan fingerprint density at radius 3 is 2.07 bits per heavy atom. The van der Waals surface area contributed by atoms with Crippen molar-refractivity contribution in [3.05, 3.63) is 59.7 Å². The minimum atomic E-state index is -0.404. The number of amides is 3. The van der Waals surface area contributed by atoms with E-state index >= 15 is 0 Å². The average Bonchev–Trinajstić information content (AvgIpc) is 3.09. The molecule has 0 aliphatic carbocycles. The second-order valence-electron chi connectivity index (χ2n) is 7.49. The summed E-state index contributed by atoms with van der Waals surface area (Å²) >= 11 is 1.06. The van der Waals surface area contributed by atoms with E-state index in [-0.39, 0.29) is 28.8 Å². The van der Waals surface area contributed by atoms with Crippen molar-refractivity contribution < 1.29 is 19.1 Å². The van der Waals surface area contributed by atoms with Crippen molar-refractivity contribution in [2.24, 2.45) is 0 Å². The van der Waals surface area contributed by atoms with E-state index in [1.807, 2.05) is 53.4 Å². The number of carbonyl (C=O) groups excluding carboxylic acids is 3. The molecule has 6 nitrogen and oxygen atoms in total. The van der Waals surface area contributed by atoms with Crippen LogP contribution in [-0.2, 0) is 9.59 Å². The van der Waals surface area contributed by atoms with Crippen LogP contribution in [0.2, 0.25) is 0 Å². The van der Waals surface area contributed by atoms with E-state index in [9.17, 15) is 14.4 Å². The Morgan fingerprint density at radius 2 is 1.52 bits per heavy atom. The highest BCUT2D eigenvalue weighted by Crippen LogP contribution is 2.45.